The Hall–Kier alpha value is -0.830. The molecule has 0 aromatic carbocycles. The third kappa shape index (κ3) is 2.35. The van der Waals surface area contributed by atoms with Crippen LogP contribution in [0.25, 0.3) is 0 Å². The molecule has 0 atom stereocenters. The van der Waals surface area contributed by atoms with Crippen LogP contribution in [-0.4, -0.2) is 23.5 Å². The fourth-order valence-corrected chi connectivity index (χ4v) is 0.727. The van der Waals surface area contributed by atoms with Crippen molar-refractivity contribution < 1.29 is 0 Å². The van der Waals surface area contributed by atoms with Gasteiger partial charge in [0.1, 0.15) is 0 Å². The van der Waals surface area contributed by atoms with E-state index in [0.29, 0.717) is 5.84 Å². The minimum Gasteiger partial charge on any atom is -0.368 e. The lowest BCUT2D eigenvalue weighted by Gasteiger charge is -1.89. The molecular weight excluding hydrogens is 187 g/mol. The highest BCUT2D eigenvalue weighted by Crippen LogP contribution is 2.00. The van der Waals surface area contributed by atoms with Crippen molar-refractivity contribution >= 4 is 40.9 Å². The first-order valence-corrected chi connectivity index (χ1v) is 3.60. The molecule has 0 unspecified atom stereocenters. The summed E-state index contributed by atoms with van der Waals surface area (Å²) < 4.78 is 0. The number of halogens is 2. The second-order valence-corrected chi connectivity index (χ2v) is 2.27. The first-order valence-electron chi connectivity index (χ1n) is 2.69. The number of hydrogen-bond acceptors (Lipinski definition) is 4. The molecular formula is C5H4Cl2N4. The Bertz CT molecular complexity index is 285. The van der Waals surface area contributed by atoms with Gasteiger partial charge in [-0.15, -0.1) is 11.6 Å². The first-order chi connectivity index (χ1) is 5.22. The van der Waals surface area contributed by atoms with Gasteiger partial charge in [-0.3, -0.25) is 0 Å². The Morgan fingerprint density at radius 2 is 2.18 bits per heavy atom. The van der Waals surface area contributed by atoms with Crippen LogP contribution in [0, 0.1) is 0 Å². The van der Waals surface area contributed by atoms with Crippen LogP contribution in [0.2, 0.25) is 0 Å². The maximum Gasteiger partial charge on any atom is 0.223 e. The summed E-state index contributed by atoms with van der Waals surface area (Å²) in [4.78, 5) is 11.0. The zero-order valence-corrected chi connectivity index (χ0v) is 6.89. The number of rotatable bonds is 1. The van der Waals surface area contributed by atoms with Gasteiger partial charge < -0.3 is 5.73 Å². The molecule has 0 aliphatic carbocycles. The normalized spacial score (nSPS) is 16.7. The summed E-state index contributed by atoms with van der Waals surface area (Å²) in [5, 5.41) is 0.0753. The average molecular weight is 191 g/mol. The van der Waals surface area contributed by atoms with Gasteiger partial charge in [-0.05, 0) is 0 Å². The zero-order valence-electron chi connectivity index (χ0n) is 5.38. The van der Waals surface area contributed by atoms with Gasteiger partial charge in [0.2, 0.25) is 5.96 Å². The van der Waals surface area contributed by atoms with Crippen molar-refractivity contribution in [3.63, 3.8) is 0 Å². The van der Waals surface area contributed by atoms with E-state index in [2.05, 4.69) is 20.8 Å². The Balaban J connectivity index is 3.03. The third-order valence-electron chi connectivity index (χ3n) is 0.853. The van der Waals surface area contributed by atoms with Crippen LogP contribution >= 0.6 is 23.2 Å². The van der Waals surface area contributed by atoms with Gasteiger partial charge in [-0.1, -0.05) is 11.6 Å². The summed E-state index contributed by atoms with van der Waals surface area (Å²) in [7, 11) is 0. The molecule has 0 saturated heterocycles. The van der Waals surface area contributed by atoms with Crippen LogP contribution < -0.4 is 5.73 Å². The molecule has 0 spiro atoms. The van der Waals surface area contributed by atoms with Crippen LogP contribution in [0.3, 0.4) is 0 Å². The van der Waals surface area contributed by atoms with Crippen LogP contribution in [-0.2, 0) is 0 Å². The first kappa shape index (κ1) is 8.27. The quantitative estimate of drug-likeness (QED) is 0.481. The van der Waals surface area contributed by atoms with Gasteiger partial charge in [0.25, 0.3) is 0 Å². The number of alkyl halides is 1. The van der Waals surface area contributed by atoms with Gasteiger partial charge in [-0.25, -0.2) is 0 Å². The van der Waals surface area contributed by atoms with E-state index < -0.39 is 0 Å². The number of amidine groups is 1. The lowest BCUT2D eigenvalue weighted by molar-refractivity contribution is 1.41. The van der Waals surface area contributed by atoms with Crippen LogP contribution in [0.1, 0.15) is 0 Å². The smallest absolute Gasteiger partial charge is 0.223 e. The lowest BCUT2D eigenvalue weighted by Crippen LogP contribution is -2.10. The Labute approximate surface area is 73.1 Å². The second-order valence-electron chi connectivity index (χ2n) is 1.65. The molecule has 0 bridgehead atoms. The molecule has 0 aromatic heterocycles. The summed E-state index contributed by atoms with van der Waals surface area (Å²) in [5.74, 6) is 2.95. The second kappa shape index (κ2) is 3.53. The maximum absolute atomic E-state index is 5.47. The predicted octanol–water partition coefficient (Wildman–Crippen LogP) is 0.702. The van der Waals surface area contributed by atoms with Crippen molar-refractivity contribution in [2.24, 2.45) is 20.7 Å². The third-order valence-corrected chi connectivity index (χ3v) is 1.26. The summed E-state index contributed by atoms with van der Waals surface area (Å²) in [6.45, 7) is 0. The number of guanidine groups is 1. The van der Waals surface area contributed by atoms with Crippen molar-refractivity contribution in [1.82, 2.24) is 0 Å². The predicted molar refractivity (Wildman–Crippen MR) is 46.6 cm³/mol. The monoisotopic (exact) mass is 190 g/mol. The SMILES string of the molecule is NC1=NC(Cl)=C=NC(CCl)=N1. The van der Waals surface area contributed by atoms with Gasteiger partial charge in [0, 0.05) is 5.87 Å². The number of nitrogens with two attached hydrogens (primary N) is 1. The minimum absolute atomic E-state index is 0.0411. The molecule has 2 N–H and O–H groups in total. The van der Waals surface area contributed by atoms with E-state index in [0.717, 1.165) is 0 Å². The highest BCUT2D eigenvalue weighted by atomic mass is 35.5. The Kier molecular flexibility index (Phi) is 2.65. The van der Waals surface area contributed by atoms with Crippen molar-refractivity contribution in [1.29, 1.82) is 0 Å². The fourth-order valence-electron chi connectivity index (χ4n) is 0.478. The van der Waals surface area contributed by atoms with E-state index in [1.165, 1.54) is 0 Å². The molecule has 0 saturated carbocycles. The van der Waals surface area contributed by atoms with Crippen LogP contribution in [0.5, 0.6) is 0 Å². The van der Waals surface area contributed by atoms with E-state index in [1.807, 2.05) is 0 Å². The molecule has 1 heterocycles. The maximum atomic E-state index is 5.47. The molecule has 1 rings (SSSR count). The van der Waals surface area contributed by atoms with Crippen molar-refractivity contribution in [2.75, 3.05) is 5.88 Å². The van der Waals surface area contributed by atoms with Crippen molar-refractivity contribution in [3.05, 3.63) is 5.16 Å². The minimum atomic E-state index is 0.0411. The highest BCUT2D eigenvalue weighted by molar-refractivity contribution is 6.35. The lowest BCUT2D eigenvalue weighted by atomic mass is 10.7. The van der Waals surface area contributed by atoms with Crippen LogP contribution in [0.15, 0.2) is 20.1 Å². The van der Waals surface area contributed by atoms with Gasteiger partial charge in [0.05, 0.1) is 5.88 Å². The molecule has 0 amide bonds. The van der Waals surface area contributed by atoms with E-state index in [1.54, 1.807) is 0 Å². The van der Waals surface area contributed by atoms with E-state index in [9.17, 15) is 0 Å². The summed E-state index contributed by atoms with van der Waals surface area (Å²) >= 11 is 10.9. The topological polar surface area (TPSA) is 63.1 Å². The number of nitrogens with zero attached hydrogens (tertiary/aromatic N) is 3. The number of aliphatic imine (C=N–C) groups is 3. The summed E-state index contributed by atoms with van der Waals surface area (Å²) in [6, 6.07) is 0. The average Bonchev–Trinajstić information content (AvgIpc) is 2.11. The molecule has 0 radical (unpaired) electrons. The molecule has 1 aliphatic rings. The molecule has 58 valence electrons. The standard InChI is InChI=1S/C5H4Cl2N4/c6-1-4-9-2-3(7)10-5(8)11-4/h1H2,(H2,8,10). The molecule has 0 aromatic rings. The van der Waals surface area contributed by atoms with Crippen molar-refractivity contribution in [2.45, 2.75) is 0 Å². The highest BCUT2D eigenvalue weighted by Gasteiger charge is 1.99. The van der Waals surface area contributed by atoms with Crippen molar-refractivity contribution in [3.8, 4) is 0 Å². The summed E-state index contributed by atoms with van der Waals surface area (Å²) in [6.07, 6.45) is 0. The zero-order chi connectivity index (χ0) is 8.27. The number of hydrogen-bond donors (Lipinski definition) is 1. The van der Waals surface area contributed by atoms with E-state index >= 15 is 0 Å². The van der Waals surface area contributed by atoms with Gasteiger partial charge >= 0.3 is 0 Å². The molecule has 11 heavy (non-hydrogen) atoms. The largest absolute Gasteiger partial charge is 0.368 e. The van der Waals surface area contributed by atoms with E-state index in [-0.39, 0.29) is 17.0 Å². The fraction of sp³-hybridized carbons (Fsp3) is 0.200. The molecule has 4 nitrogen and oxygen atoms in total. The van der Waals surface area contributed by atoms with E-state index in [4.69, 9.17) is 28.9 Å². The van der Waals surface area contributed by atoms with Crippen LogP contribution in [0.4, 0.5) is 0 Å². The Morgan fingerprint density at radius 1 is 1.45 bits per heavy atom. The molecule has 6 heteroatoms. The molecule has 0 fully saturated rings. The van der Waals surface area contributed by atoms with Gasteiger partial charge in [0.15, 0.2) is 11.0 Å². The van der Waals surface area contributed by atoms with Gasteiger partial charge in [-0.2, -0.15) is 15.0 Å². The molecule has 1 aliphatic heterocycles. The summed E-state index contributed by atoms with van der Waals surface area (Å²) in [5.41, 5.74) is 5.29. The Morgan fingerprint density at radius 3 is 2.82 bits per heavy atom.